The van der Waals surface area contributed by atoms with Gasteiger partial charge in [0.15, 0.2) is 0 Å². The van der Waals surface area contributed by atoms with E-state index in [-0.39, 0.29) is 0 Å². The van der Waals surface area contributed by atoms with Gasteiger partial charge in [0.25, 0.3) is 0 Å². The number of hydrogen-bond donors (Lipinski definition) is 0. The molecule has 0 saturated carbocycles. The van der Waals surface area contributed by atoms with E-state index in [9.17, 15) is 0 Å². The highest BCUT2D eigenvalue weighted by molar-refractivity contribution is 5.14. The van der Waals surface area contributed by atoms with Gasteiger partial charge in [0.1, 0.15) is 0 Å². The predicted molar refractivity (Wildman–Crippen MR) is 94.2 cm³/mol. The Morgan fingerprint density at radius 3 is 2.45 bits per heavy atom. The zero-order chi connectivity index (χ0) is 15.2. The fourth-order valence-electron chi connectivity index (χ4n) is 4.35. The van der Waals surface area contributed by atoms with Crippen LogP contribution in [0.3, 0.4) is 0 Å². The van der Waals surface area contributed by atoms with Crippen molar-refractivity contribution in [3.63, 3.8) is 0 Å². The minimum Gasteiger partial charge on any atom is -0.303 e. The van der Waals surface area contributed by atoms with Gasteiger partial charge in [0.05, 0.1) is 0 Å². The van der Waals surface area contributed by atoms with Gasteiger partial charge in [-0.05, 0) is 63.7 Å². The van der Waals surface area contributed by atoms with Gasteiger partial charge in [-0.25, -0.2) is 0 Å². The molecular weight excluding hydrogens is 268 g/mol. The number of hydrogen-bond acceptors (Lipinski definition) is 2. The molecule has 0 aromatic heterocycles. The van der Waals surface area contributed by atoms with Crippen molar-refractivity contribution in [3.8, 4) is 0 Å². The van der Waals surface area contributed by atoms with Gasteiger partial charge in [0, 0.05) is 18.6 Å². The molecule has 1 atom stereocenters. The summed E-state index contributed by atoms with van der Waals surface area (Å²) in [6, 6.07) is 12.7. The maximum absolute atomic E-state index is 2.86. The molecule has 22 heavy (non-hydrogen) atoms. The summed E-state index contributed by atoms with van der Waals surface area (Å²) in [7, 11) is 0. The molecule has 0 spiro atoms. The second-order valence-corrected chi connectivity index (χ2v) is 7.10. The summed E-state index contributed by atoms with van der Waals surface area (Å²) < 4.78 is 0. The lowest BCUT2D eigenvalue weighted by molar-refractivity contribution is 0.0490. The highest BCUT2D eigenvalue weighted by Crippen LogP contribution is 2.26. The van der Waals surface area contributed by atoms with Crippen LogP contribution in [0.5, 0.6) is 0 Å². The molecule has 3 rings (SSSR count). The number of rotatable bonds is 5. The summed E-state index contributed by atoms with van der Waals surface area (Å²) in [5.74, 6) is 0. The molecule has 122 valence electrons. The van der Waals surface area contributed by atoms with Gasteiger partial charge in [-0.2, -0.15) is 0 Å². The van der Waals surface area contributed by atoms with Crippen molar-refractivity contribution >= 4 is 0 Å². The number of likely N-dealkylation sites (tertiary alicyclic amines) is 2. The van der Waals surface area contributed by atoms with Crippen molar-refractivity contribution in [2.45, 2.75) is 64.0 Å². The Balaban J connectivity index is 1.44. The van der Waals surface area contributed by atoms with Crippen LogP contribution in [0.4, 0.5) is 0 Å². The lowest BCUT2D eigenvalue weighted by Crippen LogP contribution is -2.51. The minimum atomic E-state index is 0.859. The van der Waals surface area contributed by atoms with Crippen molar-refractivity contribution in [3.05, 3.63) is 35.9 Å². The van der Waals surface area contributed by atoms with E-state index in [1.807, 2.05) is 0 Å². The first-order valence-corrected chi connectivity index (χ1v) is 9.39. The van der Waals surface area contributed by atoms with E-state index in [0.717, 1.165) is 12.1 Å². The third-order valence-corrected chi connectivity index (χ3v) is 5.73. The van der Waals surface area contributed by atoms with Crippen molar-refractivity contribution < 1.29 is 0 Å². The van der Waals surface area contributed by atoms with Crippen molar-refractivity contribution in [2.75, 3.05) is 26.2 Å². The van der Waals surface area contributed by atoms with E-state index in [2.05, 4.69) is 47.1 Å². The maximum Gasteiger partial charge on any atom is 0.0122 e. The minimum absolute atomic E-state index is 0.859. The van der Waals surface area contributed by atoms with Crippen molar-refractivity contribution in [2.24, 2.45) is 0 Å². The number of nitrogens with zero attached hydrogens (tertiary/aromatic N) is 2. The lowest BCUT2D eigenvalue weighted by Gasteiger charge is -2.44. The monoisotopic (exact) mass is 300 g/mol. The first-order chi connectivity index (χ1) is 10.9. The summed E-state index contributed by atoms with van der Waals surface area (Å²) in [4.78, 5) is 5.53. The highest BCUT2D eigenvalue weighted by Gasteiger charge is 2.30. The molecule has 1 aromatic rings. The largest absolute Gasteiger partial charge is 0.303 e. The molecule has 2 heteroatoms. The second kappa shape index (κ2) is 8.12. The Morgan fingerprint density at radius 2 is 1.73 bits per heavy atom. The van der Waals surface area contributed by atoms with Crippen molar-refractivity contribution in [1.82, 2.24) is 9.80 Å². The molecule has 0 unspecified atom stereocenters. The summed E-state index contributed by atoms with van der Waals surface area (Å²) in [6.07, 6.45) is 9.61. The SMILES string of the molecule is CC[C@H]1CCCCN1C1CCN(CCc2ccccc2)CC1. The third kappa shape index (κ3) is 4.11. The first-order valence-electron chi connectivity index (χ1n) is 9.39. The molecule has 0 bridgehead atoms. The van der Waals surface area contributed by atoms with Crippen LogP contribution in [0.15, 0.2) is 30.3 Å². The Kier molecular flexibility index (Phi) is 5.91. The average molecular weight is 300 g/mol. The first kappa shape index (κ1) is 16.0. The predicted octanol–water partition coefficient (Wildman–Crippen LogP) is 3.96. The average Bonchev–Trinajstić information content (AvgIpc) is 2.61. The van der Waals surface area contributed by atoms with Crippen LogP contribution in [0.2, 0.25) is 0 Å². The zero-order valence-corrected chi connectivity index (χ0v) is 14.2. The fraction of sp³-hybridized carbons (Fsp3) is 0.700. The molecule has 0 amide bonds. The molecule has 2 saturated heterocycles. The van der Waals surface area contributed by atoms with E-state index in [1.165, 1.54) is 76.7 Å². The molecule has 2 nitrogen and oxygen atoms in total. The van der Waals surface area contributed by atoms with Gasteiger partial charge in [-0.1, -0.05) is 43.7 Å². The zero-order valence-electron chi connectivity index (χ0n) is 14.2. The van der Waals surface area contributed by atoms with Gasteiger partial charge in [-0.3, -0.25) is 4.90 Å². The van der Waals surface area contributed by atoms with Crippen LogP contribution in [0.1, 0.15) is 51.0 Å². The van der Waals surface area contributed by atoms with Gasteiger partial charge >= 0.3 is 0 Å². The van der Waals surface area contributed by atoms with Crippen LogP contribution in [-0.4, -0.2) is 48.1 Å². The topological polar surface area (TPSA) is 6.48 Å². The van der Waals surface area contributed by atoms with Gasteiger partial charge in [0.2, 0.25) is 0 Å². The molecule has 1 aromatic carbocycles. The Bertz CT molecular complexity index is 423. The van der Waals surface area contributed by atoms with Gasteiger partial charge < -0.3 is 4.90 Å². The standard InChI is InChI=1S/C20H32N2/c1-2-19-10-6-7-14-22(19)20-12-16-21(17-13-20)15-11-18-8-4-3-5-9-18/h3-5,8-9,19-20H,2,6-7,10-17H2,1H3/t19-/m0/s1. The highest BCUT2D eigenvalue weighted by atomic mass is 15.2. The van der Waals surface area contributed by atoms with Crippen LogP contribution in [-0.2, 0) is 6.42 Å². The van der Waals surface area contributed by atoms with E-state index >= 15 is 0 Å². The Labute approximate surface area is 136 Å². The summed E-state index contributed by atoms with van der Waals surface area (Å²) in [6.45, 7) is 7.55. The molecule has 2 aliphatic rings. The lowest BCUT2D eigenvalue weighted by atomic mass is 9.93. The van der Waals surface area contributed by atoms with E-state index < -0.39 is 0 Å². The molecule has 0 N–H and O–H groups in total. The molecule has 2 fully saturated rings. The smallest absolute Gasteiger partial charge is 0.0122 e. The fourth-order valence-corrected chi connectivity index (χ4v) is 4.35. The van der Waals surface area contributed by atoms with Crippen LogP contribution in [0, 0.1) is 0 Å². The molecule has 0 radical (unpaired) electrons. The quantitative estimate of drug-likeness (QED) is 0.812. The molecule has 0 aliphatic carbocycles. The summed E-state index contributed by atoms with van der Waals surface area (Å²) >= 11 is 0. The third-order valence-electron chi connectivity index (χ3n) is 5.73. The van der Waals surface area contributed by atoms with E-state index in [0.29, 0.717) is 0 Å². The molecule has 2 aliphatic heterocycles. The Morgan fingerprint density at radius 1 is 0.955 bits per heavy atom. The second-order valence-electron chi connectivity index (χ2n) is 7.10. The van der Waals surface area contributed by atoms with Crippen LogP contribution in [0.25, 0.3) is 0 Å². The van der Waals surface area contributed by atoms with Crippen LogP contribution >= 0.6 is 0 Å². The molecular formula is C20H32N2. The number of piperidine rings is 2. The normalized spacial score (nSPS) is 25.4. The summed E-state index contributed by atoms with van der Waals surface area (Å²) in [5, 5.41) is 0. The van der Waals surface area contributed by atoms with Crippen LogP contribution < -0.4 is 0 Å². The van der Waals surface area contributed by atoms with Gasteiger partial charge in [-0.15, -0.1) is 0 Å². The summed E-state index contributed by atoms with van der Waals surface area (Å²) in [5.41, 5.74) is 1.48. The van der Waals surface area contributed by atoms with E-state index in [4.69, 9.17) is 0 Å². The Hall–Kier alpha value is -0.860. The maximum atomic E-state index is 2.86. The number of benzene rings is 1. The van der Waals surface area contributed by atoms with E-state index in [1.54, 1.807) is 0 Å². The van der Waals surface area contributed by atoms with Crippen molar-refractivity contribution in [1.29, 1.82) is 0 Å². The molecule has 2 heterocycles.